The van der Waals surface area contributed by atoms with Gasteiger partial charge in [-0.3, -0.25) is 4.79 Å². The first kappa shape index (κ1) is 19.0. The number of esters is 1. The van der Waals surface area contributed by atoms with Gasteiger partial charge in [-0.25, -0.2) is 0 Å². The Kier molecular flexibility index (Phi) is 7.29. The molecule has 1 fully saturated rings. The molecule has 3 heteroatoms. The topological polar surface area (TPSA) is 38.3 Å². The van der Waals surface area contributed by atoms with E-state index in [4.69, 9.17) is 4.74 Å². The second-order valence-electron chi connectivity index (χ2n) is 7.83. The minimum Gasteiger partial charge on any atom is -0.462 e. The van der Waals surface area contributed by atoms with E-state index in [9.17, 15) is 4.79 Å². The molecule has 134 valence electrons. The Morgan fingerprint density at radius 2 is 1.92 bits per heavy atom. The minimum absolute atomic E-state index is 0.0622. The first-order chi connectivity index (χ1) is 11.5. The number of hydrogen-bond donors (Lipinski definition) is 1. The molecular weight excluding hydrogens is 298 g/mol. The molecule has 0 amide bonds. The molecule has 0 aliphatic heterocycles. The number of carbonyl (C=O) groups is 1. The molecule has 1 aliphatic carbocycles. The lowest BCUT2D eigenvalue weighted by Crippen LogP contribution is -2.37. The first-order valence-corrected chi connectivity index (χ1v) is 9.42. The average Bonchev–Trinajstić information content (AvgIpc) is 2.53. The summed E-state index contributed by atoms with van der Waals surface area (Å²) < 4.78 is 5.88. The van der Waals surface area contributed by atoms with Crippen molar-refractivity contribution in [1.29, 1.82) is 0 Å². The summed E-state index contributed by atoms with van der Waals surface area (Å²) in [5.74, 6) is 1.68. The number of benzene rings is 1. The summed E-state index contributed by atoms with van der Waals surface area (Å²) in [5, 5.41) is 3.41. The third kappa shape index (κ3) is 5.94. The van der Waals surface area contributed by atoms with Crippen molar-refractivity contribution in [3.05, 3.63) is 35.9 Å². The lowest BCUT2D eigenvalue weighted by molar-refractivity contribution is -0.156. The zero-order valence-electron chi connectivity index (χ0n) is 15.6. The predicted molar refractivity (Wildman–Crippen MR) is 98.6 cm³/mol. The highest BCUT2D eigenvalue weighted by Gasteiger charge is 2.33. The van der Waals surface area contributed by atoms with Gasteiger partial charge in [0.1, 0.15) is 6.10 Å². The fourth-order valence-electron chi connectivity index (χ4n) is 3.68. The van der Waals surface area contributed by atoms with Crippen molar-refractivity contribution in [2.45, 2.75) is 72.1 Å². The van der Waals surface area contributed by atoms with E-state index < -0.39 is 0 Å². The van der Waals surface area contributed by atoms with Crippen LogP contribution >= 0.6 is 0 Å². The second-order valence-corrected chi connectivity index (χ2v) is 7.83. The summed E-state index contributed by atoms with van der Waals surface area (Å²) in [4.78, 5) is 12.3. The smallest absolute Gasteiger partial charge is 0.307 e. The van der Waals surface area contributed by atoms with Crippen LogP contribution in [0.5, 0.6) is 0 Å². The molecule has 2 rings (SSSR count). The molecule has 1 aliphatic rings. The molecule has 1 N–H and O–H groups in total. The summed E-state index contributed by atoms with van der Waals surface area (Å²) in [7, 11) is 0. The lowest BCUT2D eigenvalue weighted by Gasteiger charge is -2.36. The maximum absolute atomic E-state index is 12.3. The van der Waals surface area contributed by atoms with E-state index in [0.717, 1.165) is 13.0 Å². The summed E-state index contributed by atoms with van der Waals surface area (Å²) in [5.41, 5.74) is 1.23. The Morgan fingerprint density at radius 1 is 1.21 bits per heavy atom. The van der Waals surface area contributed by atoms with E-state index in [0.29, 0.717) is 24.2 Å². The van der Waals surface area contributed by atoms with Gasteiger partial charge in [0.25, 0.3) is 0 Å². The van der Waals surface area contributed by atoms with Crippen LogP contribution in [0.15, 0.2) is 30.3 Å². The SMILES string of the molecule is CC(C)[C@@H]1CC[C@@H](C)C[C@H]1OC(=O)C[C@H](C)NCc1ccccc1. The van der Waals surface area contributed by atoms with Crippen molar-refractivity contribution in [2.75, 3.05) is 0 Å². The van der Waals surface area contributed by atoms with Crippen LogP contribution in [0, 0.1) is 17.8 Å². The molecule has 4 atom stereocenters. The molecule has 0 radical (unpaired) electrons. The molecule has 1 aromatic carbocycles. The average molecular weight is 332 g/mol. The Bertz CT molecular complexity index is 500. The zero-order valence-corrected chi connectivity index (χ0v) is 15.6. The molecule has 0 unspecified atom stereocenters. The maximum Gasteiger partial charge on any atom is 0.307 e. The van der Waals surface area contributed by atoms with Gasteiger partial charge in [-0.2, -0.15) is 0 Å². The molecule has 1 saturated carbocycles. The Labute approximate surface area is 147 Å². The fraction of sp³-hybridized carbons (Fsp3) is 0.667. The largest absolute Gasteiger partial charge is 0.462 e. The Hall–Kier alpha value is -1.35. The highest BCUT2D eigenvalue weighted by atomic mass is 16.5. The van der Waals surface area contributed by atoms with Crippen molar-refractivity contribution < 1.29 is 9.53 Å². The van der Waals surface area contributed by atoms with Crippen molar-refractivity contribution in [1.82, 2.24) is 5.32 Å². The van der Waals surface area contributed by atoms with Crippen LogP contribution in [-0.4, -0.2) is 18.1 Å². The number of ether oxygens (including phenoxy) is 1. The van der Waals surface area contributed by atoms with E-state index in [-0.39, 0.29) is 18.1 Å². The zero-order chi connectivity index (χ0) is 17.5. The quantitative estimate of drug-likeness (QED) is 0.744. The molecule has 0 spiro atoms. The lowest BCUT2D eigenvalue weighted by atomic mass is 9.75. The summed E-state index contributed by atoms with van der Waals surface area (Å²) in [6, 6.07) is 10.4. The number of hydrogen-bond acceptors (Lipinski definition) is 3. The Balaban J connectivity index is 1.78. The molecule has 3 nitrogen and oxygen atoms in total. The molecule has 0 bridgehead atoms. The van der Waals surface area contributed by atoms with Gasteiger partial charge < -0.3 is 10.1 Å². The van der Waals surface area contributed by atoms with Crippen LogP contribution in [-0.2, 0) is 16.1 Å². The standard InChI is InChI=1S/C21H33NO2/c1-15(2)19-11-10-16(3)12-20(19)24-21(23)13-17(4)22-14-18-8-6-5-7-9-18/h5-9,15-17,19-20,22H,10-14H2,1-4H3/t16-,17+,19+,20-/m1/s1. The Morgan fingerprint density at radius 3 is 2.58 bits per heavy atom. The first-order valence-electron chi connectivity index (χ1n) is 9.42. The van der Waals surface area contributed by atoms with Crippen molar-refractivity contribution in [3.8, 4) is 0 Å². The van der Waals surface area contributed by atoms with Gasteiger partial charge in [0.15, 0.2) is 0 Å². The van der Waals surface area contributed by atoms with Crippen molar-refractivity contribution in [2.24, 2.45) is 17.8 Å². The van der Waals surface area contributed by atoms with Crippen LogP contribution in [0.1, 0.15) is 58.9 Å². The van der Waals surface area contributed by atoms with E-state index in [1.165, 1.54) is 18.4 Å². The molecule has 24 heavy (non-hydrogen) atoms. The van der Waals surface area contributed by atoms with Crippen molar-refractivity contribution >= 4 is 5.97 Å². The molecular formula is C21H33NO2. The number of rotatable bonds is 7. The van der Waals surface area contributed by atoms with E-state index >= 15 is 0 Å². The summed E-state index contributed by atoms with van der Waals surface area (Å²) in [6.45, 7) is 9.58. The molecule has 0 saturated heterocycles. The normalized spacial score (nSPS) is 25.5. The third-order valence-corrected chi connectivity index (χ3v) is 5.21. The molecule has 0 heterocycles. The van der Waals surface area contributed by atoms with Gasteiger partial charge in [-0.1, -0.05) is 57.5 Å². The van der Waals surface area contributed by atoms with Crippen molar-refractivity contribution in [3.63, 3.8) is 0 Å². The van der Waals surface area contributed by atoms with E-state index in [1.807, 2.05) is 25.1 Å². The predicted octanol–water partition coefficient (Wildman–Crippen LogP) is 4.56. The van der Waals surface area contributed by atoms with E-state index in [2.05, 4.69) is 38.2 Å². The fourth-order valence-corrected chi connectivity index (χ4v) is 3.68. The second kappa shape index (κ2) is 9.22. The van der Waals surface area contributed by atoms with Gasteiger partial charge in [0.05, 0.1) is 6.42 Å². The molecule has 1 aromatic rings. The van der Waals surface area contributed by atoms with Gasteiger partial charge >= 0.3 is 5.97 Å². The number of carbonyl (C=O) groups excluding carboxylic acids is 1. The minimum atomic E-state index is -0.0622. The number of nitrogens with one attached hydrogen (secondary N) is 1. The van der Waals surface area contributed by atoms with Crippen LogP contribution in [0.3, 0.4) is 0 Å². The van der Waals surface area contributed by atoms with Gasteiger partial charge in [-0.15, -0.1) is 0 Å². The van der Waals surface area contributed by atoms with Gasteiger partial charge in [0.2, 0.25) is 0 Å². The highest BCUT2D eigenvalue weighted by molar-refractivity contribution is 5.70. The maximum atomic E-state index is 12.3. The summed E-state index contributed by atoms with van der Waals surface area (Å²) >= 11 is 0. The summed E-state index contributed by atoms with van der Waals surface area (Å²) in [6.07, 6.45) is 3.98. The molecule has 0 aromatic heterocycles. The van der Waals surface area contributed by atoms with Gasteiger partial charge in [-0.05, 0) is 43.1 Å². The van der Waals surface area contributed by atoms with E-state index in [1.54, 1.807) is 0 Å². The monoisotopic (exact) mass is 331 g/mol. The van der Waals surface area contributed by atoms with Crippen LogP contribution in [0.25, 0.3) is 0 Å². The third-order valence-electron chi connectivity index (χ3n) is 5.21. The highest BCUT2D eigenvalue weighted by Crippen LogP contribution is 2.35. The van der Waals surface area contributed by atoms with Gasteiger partial charge in [0, 0.05) is 12.6 Å². The van der Waals surface area contributed by atoms with Crippen LogP contribution < -0.4 is 5.32 Å². The van der Waals surface area contributed by atoms with Crippen LogP contribution in [0.2, 0.25) is 0 Å². The van der Waals surface area contributed by atoms with Crippen LogP contribution in [0.4, 0.5) is 0 Å².